The van der Waals surface area contributed by atoms with Crippen molar-refractivity contribution in [1.29, 1.82) is 0 Å². The quantitative estimate of drug-likeness (QED) is 0.785. The Labute approximate surface area is 112 Å². The van der Waals surface area contributed by atoms with Crippen LogP contribution in [0.25, 0.3) is 0 Å². The van der Waals surface area contributed by atoms with Crippen LogP contribution < -0.4 is 9.47 Å². The molecule has 1 heterocycles. The second-order valence-electron chi connectivity index (χ2n) is 5.63. The van der Waals surface area contributed by atoms with Crippen molar-refractivity contribution in [2.24, 2.45) is 0 Å². The second kappa shape index (κ2) is 4.04. The van der Waals surface area contributed by atoms with Gasteiger partial charge in [0.25, 0.3) is 0 Å². The fourth-order valence-electron chi connectivity index (χ4n) is 2.99. The molecular formula is C14H17ClO3. The summed E-state index contributed by atoms with van der Waals surface area (Å²) in [5.74, 6) is 1.35. The smallest absolute Gasteiger partial charge is 0.167 e. The lowest BCUT2D eigenvalue weighted by molar-refractivity contribution is 0.157. The molecule has 0 amide bonds. The van der Waals surface area contributed by atoms with E-state index in [1.165, 1.54) is 0 Å². The third-order valence-corrected chi connectivity index (χ3v) is 4.04. The zero-order valence-electron chi connectivity index (χ0n) is 10.6. The predicted molar refractivity (Wildman–Crippen MR) is 69.7 cm³/mol. The van der Waals surface area contributed by atoms with Crippen molar-refractivity contribution in [3.63, 3.8) is 0 Å². The largest absolute Gasteiger partial charge is 0.489 e. The molecule has 18 heavy (non-hydrogen) atoms. The Morgan fingerprint density at radius 3 is 2.83 bits per heavy atom. The molecule has 0 aromatic heterocycles. The molecule has 0 bridgehead atoms. The summed E-state index contributed by atoms with van der Waals surface area (Å²) in [5, 5.41) is 11.0. The second-order valence-corrected chi connectivity index (χ2v) is 6.04. The van der Waals surface area contributed by atoms with Gasteiger partial charge < -0.3 is 14.6 Å². The zero-order valence-corrected chi connectivity index (χ0v) is 11.4. The Morgan fingerprint density at radius 2 is 2.06 bits per heavy atom. The van der Waals surface area contributed by atoms with Crippen molar-refractivity contribution in [2.45, 2.75) is 38.2 Å². The summed E-state index contributed by atoms with van der Waals surface area (Å²) in [5.41, 5.74) is 1.70. The summed E-state index contributed by atoms with van der Waals surface area (Å²) < 4.78 is 11.4. The number of aliphatic hydroxyl groups excluding tert-OH is 1. The van der Waals surface area contributed by atoms with Gasteiger partial charge in [0.2, 0.25) is 0 Å². The Bertz CT molecular complexity index is 496. The number of aliphatic hydroxyl groups is 1. The highest BCUT2D eigenvalue weighted by Gasteiger charge is 2.41. The fraction of sp³-hybridized carbons (Fsp3) is 0.571. The minimum absolute atomic E-state index is 0.128. The van der Waals surface area contributed by atoms with Gasteiger partial charge in [-0.1, -0.05) is 25.4 Å². The van der Waals surface area contributed by atoms with Crippen LogP contribution in [-0.2, 0) is 5.41 Å². The van der Waals surface area contributed by atoms with Crippen molar-refractivity contribution in [1.82, 2.24) is 0 Å². The first-order valence-corrected chi connectivity index (χ1v) is 6.69. The van der Waals surface area contributed by atoms with Gasteiger partial charge in [-0.05, 0) is 17.4 Å². The maximum Gasteiger partial charge on any atom is 0.167 e. The van der Waals surface area contributed by atoms with Crippen LogP contribution in [0.15, 0.2) is 6.07 Å². The lowest BCUT2D eigenvalue weighted by atomic mass is 9.86. The Hall–Kier alpha value is -0.930. The van der Waals surface area contributed by atoms with Gasteiger partial charge in [-0.25, -0.2) is 0 Å². The van der Waals surface area contributed by atoms with Crippen molar-refractivity contribution in [3.8, 4) is 11.5 Å². The van der Waals surface area contributed by atoms with Crippen LogP contribution in [-0.4, -0.2) is 18.3 Å². The summed E-state index contributed by atoms with van der Waals surface area (Å²) in [7, 11) is 0. The minimum atomic E-state index is -0.524. The summed E-state index contributed by atoms with van der Waals surface area (Å²) in [6, 6.07) is 1.82. The van der Waals surface area contributed by atoms with Crippen molar-refractivity contribution in [2.75, 3.05) is 13.2 Å². The van der Waals surface area contributed by atoms with E-state index in [4.69, 9.17) is 21.1 Å². The van der Waals surface area contributed by atoms with E-state index in [1.807, 2.05) is 6.07 Å². The average molecular weight is 269 g/mol. The number of hydrogen-bond acceptors (Lipinski definition) is 3. The molecule has 0 saturated carbocycles. The van der Waals surface area contributed by atoms with Gasteiger partial charge >= 0.3 is 0 Å². The number of benzene rings is 1. The lowest BCUT2D eigenvalue weighted by Gasteiger charge is -2.21. The van der Waals surface area contributed by atoms with E-state index in [1.54, 1.807) is 0 Å². The minimum Gasteiger partial charge on any atom is -0.489 e. The molecule has 3 nitrogen and oxygen atoms in total. The molecule has 0 fully saturated rings. The number of fused-ring (bicyclic) bond motifs is 3. The molecular weight excluding hydrogens is 252 g/mol. The highest BCUT2D eigenvalue weighted by Crippen LogP contribution is 2.54. The van der Waals surface area contributed by atoms with Crippen LogP contribution >= 0.6 is 11.6 Å². The van der Waals surface area contributed by atoms with Gasteiger partial charge in [0.05, 0.1) is 19.3 Å². The Morgan fingerprint density at radius 1 is 1.33 bits per heavy atom. The van der Waals surface area contributed by atoms with E-state index in [0.717, 1.165) is 17.5 Å². The number of hydrogen-bond donors (Lipinski definition) is 1. The molecule has 1 aliphatic heterocycles. The molecule has 0 unspecified atom stereocenters. The molecule has 1 aromatic carbocycles. The molecule has 2 aliphatic rings. The highest BCUT2D eigenvalue weighted by atomic mass is 35.5. The van der Waals surface area contributed by atoms with Crippen molar-refractivity contribution in [3.05, 3.63) is 22.2 Å². The van der Waals surface area contributed by atoms with E-state index in [9.17, 15) is 5.11 Å². The zero-order chi connectivity index (χ0) is 12.9. The van der Waals surface area contributed by atoms with Crippen LogP contribution in [0.2, 0.25) is 5.02 Å². The summed E-state index contributed by atoms with van der Waals surface area (Å²) in [4.78, 5) is 0. The lowest BCUT2D eigenvalue weighted by Crippen LogP contribution is -2.13. The number of rotatable bonds is 0. The molecule has 3 rings (SSSR count). The molecule has 1 atom stereocenters. The van der Waals surface area contributed by atoms with Crippen LogP contribution in [0, 0.1) is 0 Å². The van der Waals surface area contributed by atoms with E-state index in [0.29, 0.717) is 36.2 Å². The molecule has 1 N–H and O–H groups in total. The van der Waals surface area contributed by atoms with Gasteiger partial charge in [0, 0.05) is 23.1 Å². The van der Waals surface area contributed by atoms with Gasteiger partial charge in [-0.3, -0.25) is 0 Å². The van der Waals surface area contributed by atoms with Gasteiger partial charge in [0.1, 0.15) is 0 Å². The molecule has 1 aromatic rings. The molecule has 0 radical (unpaired) electrons. The Balaban J connectivity index is 2.25. The van der Waals surface area contributed by atoms with Gasteiger partial charge in [0.15, 0.2) is 11.5 Å². The normalized spacial score (nSPS) is 24.6. The summed E-state index contributed by atoms with van der Waals surface area (Å²) in [6.45, 7) is 5.44. The van der Waals surface area contributed by atoms with E-state index >= 15 is 0 Å². The monoisotopic (exact) mass is 268 g/mol. The third-order valence-electron chi connectivity index (χ3n) is 3.74. The van der Waals surface area contributed by atoms with Crippen LogP contribution in [0.1, 0.15) is 43.9 Å². The van der Waals surface area contributed by atoms with Crippen molar-refractivity contribution < 1.29 is 14.6 Å². The van der Waals surface area contributed by atoms with E-state index in [-0.39, 0.29) is 5.41 Å². The fourth-order valence-corrected chi connectivity index (χ4v) is 3.45. The Kier molecular flexibility index (Phi) is 2.72. The molecule has 0 saturated heterocycles. The standard InChI is InChI=1S/C14H17ClO3/c1-14(2)7-9(16)11-12(14)8(15)6-10-13(11)18-5-3-4-17-10/h6,9,16H,3-5,7H2,1-2H3/t9-/m0/s1. The molecule has 1 aliphatic carbocycles. The maximum atomic E-state index is 10.3. The maximum absolute atomic E-state index is 10.3. The topological polar surface area (TPSA) is 38.7 Å². The van der Waals surface area contributed by atoms with Crippen LogP contribution in [0.3, 0.4) is 0 Å². The molecule has 0 spiro atoms. The first-order valence-electron chi connectivity index (χ1n) is 6.31. The first-order chi connectivity index (χ1) is 8.50. The van der Waals surface area contributed by atoms with E-state index < -0.39 is 6.10 Å². The van der Waals surface area contributed by atoms with E-state index in [2.05, 4.69) is 13.8 Å². The number of ether oxygens (including phenoxy) is 2. The predicted octanol–water partition coefficient (Wildman–Crippen LogP) is 3.22. The number of halogens is 1. The summed E-state index contributed by atoms with van der Waals surface area (Å²) in [6.07, 6.45) is 0.992. The third kappa shape index (κ3) is 1.69. The van der Waals surface area contributed by atoms with Crippen molar-refractivity contribution >= 4 is 11.6 Å². The van der Waals surface area contributed by atoms with Gasteiger partial charge in [-0.15, -0.1) is 0 Å². The highest BCUT2D eigenvalue weighted by molar-refractivity contribution is 6.32. The average Bonchev–Trinajstić information content (AvgIpc) is 2.46. The van der Waals surface area contributed by atoms with Crippen LogP contribution in [0.4, 0.5) is 0 Å². The van der Waals surface area contributed by atoms with Crippen LogP contribution in [0.5, 0.6) is 11.5 Å². The van der Waals surface area contributed by atoms with Gasteiger partial charge in [-0.2, -0.15) is 0 Å². The summed E-state index contributed by atoms with van der Waals surface area (Å²) >= 11 is 6.36. The molecule has 98 valence electrons. The SMILES string of the molecule is CC1(C)C[C@H](O)c2c3c(cc(Cl)c21)OCCCO3. The first kappa shape index (κ1) is 12.1. The molecule has 4 heteroatoms.